The molecule has 3 N–H and O–H groups in total. The summed E-state index contributed by atoms with van der Waals surface area (Å²) in [7, 11) is 0. The third-order valence-electron chi connectivity index (χ3n) is 3.90. The van der Waals surface area contributed by atoms with Crippen molar-refractivity contribution in [1.82, 2.24) is 5.32 Å². The Labute approximate surface area is 104 Å². The molecule has 3 atom stereocenters. The molecule has 2 unspecified atom stereocenters. The first-order valence-electron chi connectivity index (χ1n) is 6.70. The zero-order valence-electron chi connectivity index (χ0n) is 11.2. The molecule has 1 aliphatic heterocycles. The van der Waals surface area contributed by atoms with Crippen molar-refractivity contribution in [3.63, 3.8) is 0 Å². The van der Waals surface area contributed by atoms with Crippen molar-refractivity contribution in [2.75, 3.05) is 13.2 Å². The van der Waals surface area contributed by atoms with Crippen LogP contribution in [-0.2, 0) is 9.53 Å². The standard InChI is InChI=1S/C13H26N2O2/c1-4-9(2)12(14)13(16)15-10(3)11-5-7-17-8-6-11/h9-12H,4-8,14H2,1-3H3,(H,15,16)/t9?,10?,12-/m0/s1. The van der Waals surface area contributed by atoms with E-state index in [1.807, 2.05) is 6.92 Å². The second-order valence-electron chi connectivity index (χ2n) is 5.16. The Morgan fingerprint density at radius 2 is 2.00 bits per heavy atom. The van der Waals surface area contributed by atoms with Gasteiger partial charge in [0.2, 0.25) is 5.91 Å². The van der Waals surface area contributed by atoms with E-state index < -0.39 is 0 Å². The fourth-order valence-electron chi connectivity index (χ4n) is 2.17. The minimum Gasteiger partial charge on any atom is -0.381 e. The first-order chi connectivity index (χ1) is 8.06. The number of rotatable bonds is 5. The van der Waals surface area contributed by atoms with Crippen LogP contribution < -0.4 is 11.1 Å². The van der Waals surface area contributed by atoms with Gasteiger partial charge in [0.25, 0.3) is 0 Å². The van der Waals surface area contributed by atoms with E-state index in [9.17, 15) is 4.79 Å². The van der Waals surface area contributed by atoms with Crippen molar-refractivity contribution in [2.24, 2.45) is 17.6 Å². The largest absolute Gasteiger partial charge is 0.381 e. The zero-order chi connectivity index (χ0) is 12.8. The molecule has 4 nitrogen and oxygen atoms in total. The van der Waals surface area contributed by atoms with Crippen LogP contribution >= 0.6 is 0 Å². The summed E-state index contributed by atoms with van der Waals surface area (Å²) in [4.78, 5) is 11.9. The molecule has 0 spiro atoms. The van der Waals surface area contributed by atoms with Crippen LogP contribution in [-0.4, -0.2) is 31.2 Å². The maximum Gasteiger partial charge on any atom is 0.237 e. The molecule has 1 amide bonds. The Morgan fingerprint density at radius 1 is 1.41 bits per heavy atom. The van der Waals surface area contributed by atoms with E-state index in [1.54, 1.807) is 0 Å². The van der Waals surface area contributed by atoms with Gasteiger partial charge in [-0.1, -0.05) is 20.3 Å². The Bertz CT molecular complexity index is 240. The summed E-state index contributed by atoms with van der Waals surface area (Å²) >= 11 is 0. The second-order valence-corrected chi connectivity index (χ2v) is 5.16. The Kier molecular flexibility index (Phi) is 5.92. The number of carbonyl (C=O) groups is 1. The number of hydrogen-bond donors (Lipinski definition) is 2. The van der Waals surface area contributed by atoms with Crippen molar-refractivity contribution in [3.05, 3.63) is 0 Å². The molecule has 0 aliphatic carbocycles. The molecule has 1 aliphatic rings. The van der Waals surface area contributed by atoms with Gasteiger partial charge in [-0.25, -0.2) is 0 Å². The molecule has 17 heavy (non-hydrogen) atoms. The van der Waals surface area contributed by atoms with Crippen molar-refractivity contribution in [1.29, 1.82) is 0 Å². The molecular weight excluding hydrogens is 216 g/mol. The first-order valence-corrected chi connectivity index (χ1v) is 6.70. The van der Waals surface area contributed by atoms with Crippen molar-refractivity contribution < 1.29 is 9.53 Å². The van der Waals surface area contributed by atoms with Gasteiger partial charge in [0.1, 0.15) is 0 Å². The molecular formula is C13H26N2O2. The van der Waals surface area contributed by atoms with Gasteiger partial charge in [-0.05, 0) is 31.6 Å². The highest BCUT2D eigenvalue weighted by Gasteiger charge is 2.25. The monoisotopic (exact) mass is 242 g/mol. The highest BCUT2D eigenvalue weighted by molar-refractivity contribution is 5.82. The van der Waals surface area contributed by atoms with E-state index in [1.165, 1.54) is 0 Å². The topological polar surface area (TPSA) is 64.4 Å². The quantitative estimate of drug-likeness (QED) is 0.763. The third kappa shape index (κ3) is 4.28. The summed E-state index contributed by atoms with van der Waals surface area (Å²) in [5.74, 6) is 0.743. The Morgan fingerprint density at radius 3 is 2.53 bits per heavy atom. The van der Waals surface area contributed by atoms with Crippen LogP contribution in [0.2, 0.25) is 0 Å². The minimum absolute atomic E-state index is 0.0154. The normalized spacial score (nSPS) is 22.8. The van der Waals surface area contributed by atoms with Gasteiger partial charge in [-0.15, -0.1) is 0 Å². The van der Waals surface area contributed by atoms with Crippen LogP contribution in [0.1, 0.15) is 40.0 Å². The lowest BCUT2D eigenvalue weighted by Crippen LogP contribution is -2.50. The second kappa shape index (κ2) is 6.97. The van der Waals surface area contributed by atoms with Crippen LogP contribution in [0.3, 0.4) is 0 Å². The van der Waals surface area contributed by atoms with Gasteiger partial charge in [-0.3, -0.25) is 4.79 Å². The summed E-state index contributed by atoms with van der Waals surface area (Å²) in [5.41, 5.74) is 5.91. The average Bonchev–Trinajstić information content (AvgIpc) is 2.37. The molecule has 1 fully saturated rings. The van der Waals surface area contributed by atoms with E-state index in [4.69, 9.17) is 10.5 Å². The molecule has 1 rings (SSSR count). The number of carbonyl (C=O) groups excluding carboxylic acids is 1. The molecule has 0 aromatic carbocycles. The molecule has 1 saturated heterocycles. The highest BCUT2D eigenvalue weighted by Crippen LogP contribution is 2.18. The Balaban J connectivity index is 2.38. The van der Waals surface area contributed by atoms with E-state index in [2.05, 4.69) is 19.2 Å². The lowest BCUT2D eigenvalue weighted by Gasteiger charge is -2.29. The van der Waals surface area contributed by atoms with Crippen LogP contribution in [0.5, 0.6) is 0 Å². The average molecular weight is 242 g/mol. The molecule has 100 valence electrons. The van der Waals surface area contributed by atoms with Crippen molar-refractivity contribution in [2.45, 2.75) is 52.1 Å². The van der Waals surface area contributed by atoms with Crippen molar-refractivity contribution >= 4 is 5.91 Å². The smallest absolute Gasteiger partial charge is 0.237 e. The molecule has 4 heteroatoms. The molecule has 0 radical (unpaired) electrons. The maximum atomic E-state index is 11.9. The highest BCUT2D eigenvalue weighted by atomic mass is 16.5. The van der Waals surface area contributed by atoms with Crippen LogP contribution in [0.25, 0.3) is 0 Å². The molecule has 0 saturated carbocycles. The number of ether oxygens (including phenoxy) is 1. The molecule has 0 aromatic rings. The fourth-order valence-corrected chi connectivity index (χ4v) is 2.17. The van der Waals surface area contributed by atoms with Gasteiger partial charge in [0.15, 0.2) is 0 Å². The summed E-state index contributed by atoms with van der Waals surface area (Å²) in [6.45, 7) is 7.75. The van der Waals surface area contributed by atoms with E-state index in [-0.39, 0.29) is 23.9 Å². The lowest BCUT2D eigenvalue weighted by atomic mass is 9.92. The zero-order valence-corrected chi connectivity index (χ0v) is 11.2. The van der Waals surface area contributed by atoms with Gasteiger partial charge in [0.05, 0.1) is 6.04 Å². The maximum absolute atomic E-state index is 11.9. The number of nitrogens with two attached hydrogens (primary N) is 1. The number of hydrogen-bond acceptors (Lipinski definition) is 3. The Hall–Kier alpha value is -0.610. The molecule has 0 aromatic heterocycles. The lowest BCUT2D eigenvalue weighted by molar-refractivity contribution is -0.124. The van der Waals surface area contributed by atoms with Crippen LogP contribution in [0.15, 0.2) is 0 Å². The van der Waals surface area contributed by atoms with E-state index in [0.717, 1.165) is 32.5 Å². The number of amides is 1. The predicted molar refractivity (Wildman–Crippen MR) is 68.6 cm³/mol. The third-order valence-corrected chi connectivity index (χ3v) is 3.90. The SMILES string of the molecule is CCC(C)[C@H](N)C(=O)NC(C)C1CCOCC1. The van der Waals surface area contributed by atoms with E-state index in [0.29, 0.717) is 5.92 Å². The first kappa shape index (κ1) is 14.5. The summed E-state index contributed by atoms with van der Waals surface area (Å²) in [5, 5.41) is 3.05. The summed E-state index contributed by atoms with van der Waals surface area (Å²) < 4.78 is 5.32. The van der Waals surface area contributed by atoms with Gasteiger partial charge < -0.3 is 15.8 Å². The van der Waals surface area contributed by atoms with Crippen LogP contribution in [0.4, 0.5) is 0 Å². The summed E-state index contributed by atoms with van der Waals surface area (Å²) in [6.07, 6.45) is 2.99. The van der Waals surface area contributed by atoms with Gasteiger partial charge >= 0.3 is 0 Å². The molecule has 1 heterocycles. The molecule has 0 bridgehead atoms. The minimum atomic E-state index is -0.387. The fraction of sp³-hybridized carbons (Fsp3) is 0.923. The van der Waals surface area contributed by atoms with Gasteiger partial charge in [-0.2, -0.15) is 0 Å². The van der Waals surface area contributed by atoms with Crippen molar-refractivity contribution in [3.8, 4) is 0 Å². The van der Waals surface area contributed by atoms with Gasteiger partial charge in [0, 0.05) is 19.3 Å². The predicted octanol–water partition coefficient (Wildman–Crippen LogP) is 1.29. The van der Waals surface area contributed by atoms with E-state index >= 15 is 0 Å². The number of nitrogens with one attached hydrogen (secondary N) is 1. The van der Waals surface area contributed by atoms with Crippen LogP contribution in [0, 0.1) is 11.8 Å². The summed E-state index contributed by atoms with van der Waals surface area (Å²) in [6, 6.07) is -0.191.